The largest absolute Gasteiger partial charge is 0.368 e. The van der Waals surface area contributed by atoms with E-state index in [1.807, 2.05) is 48.6 Å². The Morgan fingerprint density at radius 3 is 2.77 bits per heavy atom. The van der Waals surface area contributed by atoms with Crippen LogP contribution in [-0.2, 0) is 6.54 Å². The lowest BCUT2D eigenvalue weighted by atomic mass is 9.99. The molecule has 5 rings (SSSR count). The van der Waals surface area contributed by atoms with Crippen molar-refractivity contribution in [3.63, 3.8) is 0 Å². The maximum Gasteiger partial charge on any atom is 0.232 e. The first-order valence-electron chi connectivity index (χ1n) is 10.5. The fourth-order valence-corrected chi connectivity index (χ4v) is 5.16. The summed E-state index contributed by atoms with van der Waals surface area (Å²) in [5.74, 6) is 1.85. The highest BCUT2D eigenvalue weighted by Crippen LogP contribution is 2.33. The van der Waals surface area contributed by atoms with E-state index in [0.717, 1.165) is 42.7 Å². The highest BCUT2D eigenvalue weighted by molar-refractivity contribution is 7.18. The van der Waals surface area contributed by atoms with E-state index in [4.69, 9.17) is 10.7 Å². The van der Waals surface area contributed by atoms with Gasteiger partial charge in [0.05, 0.1) is 21.8 Å². The molecule has 0 saturated carbocycles. The molecule has 1 aliphatic heterocycles. The molecule has 158 valence electrons. The van der Waals surface area contributed by atoms with Crippen molar-refractivity contribution in [3.8, 4) is 0 Å². The van der Waals surface area contributed by atoms with Gasteiger partial charge >= 0.3 is 0 Å². The van der Waals surface area contributed by atoms with E-state index >= 15 is 0 Å². The molecule has 0 unspecified atom stereocenters. The van der Waals surface area contributed by atoms with Crippen molar-refractivity contribution < 1.29 is 0 Å². The Kier molecular flexibility index (Phi) is 5.48. The lowest BCUT2D eigenvalue weighted by molar-refractivity contribution is 0.196. The third-order valence-electron chi connectivity index (χ3n) is 5.62. The van der Waals surface area contributed by atoms with E-state index in [1.165, 1.54) is 9.71 Å². The Hall–Kier alpha value is -3.10. The number of hydrogen-bond donors (Lipinski definition) is 2. The number of para-hydroxylation sites is 2. The maximum atomic E-state index is 5.99. The molecule has 4 aromatic rings. The minimum Gasteiger partial charge on any atom is -0.368 e. The second-order valence-electron chi connectivity index (χ2n) is 7.97. The molecule has 0 amide bonds. The maximum absolute atomic E-state index is 5.99. The first-order chi connectivity index (χ1) is 15.1. The number of nitrogens with one attached hydrogen (secondary N) is 1. The van der Waals surface area contributed by atoms with Crippen LogP contribution in [0.2, 0.25) is 0 Å². The smallest absolute Gasteiger partial charge is 0.232 e. The number of thiazole rings is 1. The number of likely N-dealkylation sites (tertiary alicyclic amines) is 1. The van der Waals surface area contributed by atoms with E-state index in [2.05, 4.69) is 43.4 Å². The van der Waals surface area contributed by atoms with E-state index in [0.29, 0.717) is 24.2 Å². The molecular formula is C23H25N7S. The van der Waals surface area contributed by atoms with Crippen LogP contribution in [0.25, 0.3) is 10.2 Å². The summed E-state index contributed by atoms with van der Waals surface area (Å²) in [6, 6.07) is 16.4. The zero-order chi connectivity index (χ0) is 21.2. The van der Waals surface area contributed by atoms with E-state index in [9.17, 15) is 0 Å². The van der Waals surface area contributed by atoms with Gasteiger partial charge in [0.1, 0.15) is 5.82 Å². The Labute approximate surface area is 185 Å². The predicted molar refractivity (Wildman–Crippen MR) is 126 cm³/mol. The lowest BCUT2D eigenvalue weighted by Gasteiger charge is -2.31. The fourth-order valence-electron chi connectivity index (χ4n) is 4.06. The Morgan fingerprint density at radius 2 is 1.90 bits per heavy atom. The van der Waals surface area contributed by atoms with Crippen LogP contribution >= 0.6 is 11.3 Å². The molecule has 3 heterocycles. The molecule has 1 atom stereocenters. The third-order valence-corrected chi connectivity index (χ3v) is 6.82. The summed E-state index contributed by atoms with van der Waals surface area (Å²) in [7, 11) is 0. The molecule has 0 spiro atoms. The molecule has 31 heavy (non-hydrogen) atoms. The number of piperidine rings is 1. The van der Waals surface area contributed by atoms with Crippen molar-refractivity contribution in [2.45, 2.75) is 32.2 Å². The van der Waals surface area contributed by atoms with Gasteiger partial charge < -0.3 is 11.1 Å². The van der Waals surface area contributed by atoms with Crippen LogP contribution in [0.3, 0.4) is 0 Å². The predicted octanol–water partition coefficient (Wildman–Crippen LogP) is 4.50. The summed E-state index contributed by atoms with van der Waals surface area (Å²) in [5, 5.41) is 4.50. The van der Waals surface area contributed by atoms with E-state index in [-0.39, 0.29) is 5.95 Å². The van der Waals surface area contributed by atoms with Gasteiger partial charge in [-0.25, -0.2) is 4.98 Å². The number of nitrogen functional groups attached to an aromatic ring is 1. The number of anilines is 3. The fraction of sp³-hybridized carbons (Fsp3) is 0.304. The van der Waals surface area contributed by atoms with E-state index < -0.39 is 0 Å². The molecule has 0 bridgehead atoms. The van der Waals surface area contributed by atoms with Gasteiger partial charge in [-0.2, -0.15) is 15.0 Å². The first-order valence-corrected chi connectivity index (χ1v) is 11.4. The Balaban J connectivity index is 1.31. The van der Waals surface area contributed by atoms with Crippen LogP contribution in [0.1, 0.15) is 35.2 Å². The summed E-state index contributed by atoms with van der Waals surface area (Å²) >= 11 is 1.81. The molecular weight excluding hydrogens is 406 g/mol. The van der Waals surface area contributed by atoms with Gasteiger partial charge in [-0.1, -0.05) is 30.3 Å². The van der Waals surface area contributed by atoms with Gasteiger partial charge in [-0.15, -0.1) is 11.3 Å². The summed E-state index contributed by atoms with van der Waals surface area (Å²) < 4.78 is 1.26. The van der Waals surface area contributed by atoms with Crippen LogP contribution in [0.4, 0.5) is 17.6 Å². The molecule has 1 fully saturated rings. The van der Waals surface area contributed by atoms with Gasteiger partial charge in [-0.3, -0.25) is 4.90 Å². The second kappa shape index (κ2) is 8.56. The summed E-state index contributed by atoms with van der Waals surface area (Å²) in [4.78, 5) is 20.6. The highest BCUT2D eigenvalue weighted by Gasteiger charge is 2.25. The molecule has 7 nitrogen and oxygen atoms in total. The minimum absolute atomic E-state index is 0.237. The average molecular weight is 432 g/mol. The van der Waals surface area contributed by atoms with Crippen molar-refractivity contribution in [1.82, 2.24) is 24.8 Å². The van der Waals surface area contributed by atoms with Crippen LogP contribution in [0, 0.1) is 6.92 Å². The van der Waals surface area contributed by atoms with E-state index in [1.54, 1.807) is 0 Å². The summed E-state index contributed by atoms with van der Waals surface area (Å²) in [6.07, 6.45) is 2.30. The molecule has 1 saturated heterocycles. The zero-order valence-electron chi connectivity index (χ0n) is 17.5. The number of nitrogens with zero attached hydrogens (tertiary/aromatic N) is 5. The van der Waals surface area contributed by atoms with Crippen molar-refractivity contribution >= 4 is 39.1 Å². The van der Waals surface area contributed by atoms with Crippen molar-refractivity contribution in [1.29, 1.82) is 0 Å². The Bertz CT molecular complexity index is 1170. The van der Waals surface area contributed by atoms with Gasteiger partial charge in [-0.05, 0) is 50.1 Å². The standard InChI is InChI=1S/C23H25N7S/c1-15-7-2-3-9-17(15)26-23-28-20(27-22(24)29-23)14-30-12-6-8-16(13-30)21-25-18-10-4-5-11-19(18)31-21/h2-5,7,9-11,16H,6,8,12-14H2,1H3,(H3,24,26,27,28,29)/t16-/m0/s1. The molecule has 0 aliphatic carbocycles. The number of benzene rings is 2. The van der Waals surface area contributed by atoms with Crippen molar-refractivity contribution in [2.75, 3.05) is 24.1 Å². The number of nitrogens with two attached hydrogens (primary N) is 1. The molecule has 0 radical (unpaired) electrons. The average Bonchev–Trinajstić information content (AvgIpc) is 3.20. The van der Waals surface area contributed by atoms with Crippen molar-refractivity contribution in [3.05, 3.63) is 64.9 Å². The zero-order valence-corrected chi connectivity index (χ0v) is 18.3. The number of aryl methyl sites for hydroxylation is 1. The second-order valence-corrected chi connectivity index (χ2v) is 9.03. The monoisotopic (exact) mass is 431 g/mol. The van der Waals surface area contributed by atoms with Gasteiger partial charge in [0.2, 0.25) is 11.9 Å². The molecule has 1 aliphatic rings. The number of rotatable bonds is 5. The normalized spacial score (nSPS) is 17.1. The van der Waals surface area contributed by atoms with Crippen LogP contribution in [0.5, 0.6) is 0 Å². The summed E-state index contributed by atoms with van der Waals surface area (Å²) in [5.41, 5.74) is 9.17. The van der Waals surface area contributed by atoms with Gasteiger partial charge in [0.25, 0.3) is 0 Å². The topological polar surface area (TPSA) is 92.8 Å². The minimum atomic E-state index is 0.237. The van der Waals surface area contributed by atoms with Crippen LogP contribution in [-0.4, -0.2) is 37.9 Å². The molecule has 2 aromatic heterocycles. The number of fused-ring (bicyclic) bond motifs is 1. The summed E-state index contributed by atoms with van der Waals surface area (Å²) in [6.45, 7) is 4.67. The molecule has 8 heteroatoms. The number of hydrogen-bond acceptors (Lipinski definition) is 8. The van der Waals surface area contributed by atoms with Gasteiger partial charge in [0.15, 0.2) is 0 Å². The lowest BCUT2D eigenvalue weighted by Crippen LogP contribution is -2.34. The third kappa shape index (κ3) is 4.50. The molecule has 2 aromatic carbocycles. The van der Waals surface area contributed by atoms with Gasteiger partial charge in [0, 0.05) is 18.2 Å². The number of aromatic nitrogens is 4. The van der Waals surface area contributed by atoms with Crippen LogP contribution < -0.4 is 11.1 Å². The SMILES string of the molecule is Cc1ccccc1Nc1nc(N)nc(CN2CCC[C@H](c3nc4ccccc4s3)C2)n1. The molecule has 3 N–H and O–H groups in total. The van der Waals surface area contributed by atoms with Crippen molar-refractivity contribution in [2.24, 2.45) is 0 Å². The Morgan fingerprint density at radius 1 is 1.06 bits per heavy atom. The first kappa shape index (κ1) is 19.8. The van der Waals surface area contributed by atoms with Crippen LogP contribution in [0.15, 0.2) is 48.5 Å². The quantitative estimate of drug-likeness (QED) is 0.481. The highest BCUT2D eigenvalue weighted by atomic mass is 32.1.